The molecule has 1 aliphatic rings. The quantitative estimate of drug-likeness (QED) is 0.610. The van der Waals surface area contributed by atoms with Gasteiger partial charge in [-0.1, -0.05) is 11.6 Å². The number of aromatic nitrogens is 2. The summed E-state index contributed by atoms with van der Waals surface area (Å²) in [4.78, 5) is 21.1. The van der Waals surface area contributed by atoms with E-state index in [-0.39, 0.29) is 11.1 Å². The lowest BCUT2D eigenvalue weighted by Crippen LogP contribution is -2.16. The Morgan fingerprint density at radius 3 is 2.60 bits per heavy atom. The van der Waals surface area contributed by atoms with E-state index in [0.717, 1.165) is 0 Å². The van der Waals surface area contributed by atoms with E-state index in [1.54, 1.807) is 0 Å². The second-order valence-electron chi connectivity index (χ2n) is 6.75. The maximum absolute atomic E-state index is 14.6. The number of halogens is 3. The van der Waals surface area contributed by atoms with Crippen LogP contribution >= 0.6 is 11.6 Å². The van der Waals surface area contributed by atoms with Crippen molar-refractivity contribution in [3.05, 3.63) is 76.1 Å². The van der Waals surface area contributed by atoms with Gasteiger partial charge in [-0.05, 0) is 48.7 Å². The highest BCUT2D eigenvalue weighted by Crippen LogP contribution is 2.37. The molecule has 2 aromatic carbocycles. The van der Waals surface area contributed by atoms with Gasteiger partial charge in [0.25, 0.3) is 5.91 Å². The maximum Gasteiger partial charge on any atom is 0.255 e. The Kier molecular flexibility index (Phi) is 5.50. The van der Waals surface area contributed by atoms with Crippen molar-refractivity contribution >= 4 is 29.1 Å². The zero-order chi connectivity index (χ0) is 21.3. The molecule has 3 aromatic rings. The molecule has 2 N–H and O–H groups in total. The third-order valence-corrected chi connectivity index (χ3v) is 5.21. The molecule has 0 spiro atoms. The summed E-state index contributed by atoms with van der Waals surface area (Å²) in [5, 5.41) is 5.69. The van der Waals surface area contributed by atoms with Gasteiger partial charge in [0.15, 0.2) is 5.75 Å². The van der Waals surface area contributed by atoms with E-state index in [4.69, 9.17) is 16.3 Å². The van der Waals surface area contributed by atoms with E-state index in [2.05, 4.69) is 20.6 Å². The van der Waals surface area contributed by atoms with Gasteiger partial charge >= 0.3 is 0 Å². The van der Waals surface area contributed by atoms with Gasteiger partial charge in [-0.25, -0.2) is 18.7 Å². The summed E-state index contributed by atoms with van der Waals surface area (Å²) < 4.78 is 33.0. The lowest BCUT2D eigenvalue weighted by Gasteiger charge is -2.16. The average Bonchev–Trinajstić information content (AvgIpc) is 3.16. The predicted octanol–water partition coefficient (Wildman–Crippen LogP) is 4.77. The molecule has 1 aromatic heterocycles. The Bertz CT molecular complexity index is 1110. The number of carbonyl (C=O) groups excluding carboxylic acids is 1. The molecule has 30 heavy (non-hydrogen) atoms. The number of hydrogen-bond donors (Lipinski definition) is 2. The summed E-state index contributed by atoms with van der Waals surface area (Å²) in [6, 6.07) is 6.24. The highest BCUT2D eigenvalue weighted by atomic mass is 35.5. The SMILES string of the molecule is COc1cnc(NC2CCc3c(C(=O)Nc4ccc(F)c(Cl)c4)ccc(F)c32)nc1. The number of nitrogens with one attached hydrogen (secondary N) is 2. The van der Waals surface area contributed by atoms with Crippen molar-refractivity contribution in [1.82, 2.24) is 9.97 Å². The minimum absolute atomic E-state index is 0.0964. The zero-order valence-corrected chi connectivity index (χ0v) is 16.6. The lowest BCUT2D eigenvalue weighted by atomic mass is 10.0. The van der Waals surface area contributed by atoms with Crippen molar-refractivity contribution in [2.45, 2.75) is 18.9 Å². The normalized spacial score (nSPS) is 14.9. The maximum atomic E-state index is 14.6. The summed E-state index contributed by atoms with van der Waals surface area (Å²) in [6.07, 6.45) is 4.11. The molecule has 0 saturated carbocycles. The molecule has 1 heterocycles. The Morgan fingerprint density at radius 2 is 1.90 bits per heavy atom. The van der Waals surface area contributed by atoms with Crippen LogP contribution in [0.3, 0.4) is 0 Å². The van der Waals surface area contributed by atoms with Crippen LogP contribution in [-0.4, -0.2) is 23.0 Å². The van der Waals surface area contributed by atoms with Crippen molar-refractivity contribution in [2.24, 2.45) is 0 Å². The molecule has 1 amide bonds. The topological polar surface area (TPSA) is 76.1 Å². The van der Waals surface area contributed by atoms with E-state index >= 15 is 0 Å². The molecule has 0 bridgehead atoms. The van der Waals surface area contributed by atoms with Gasteiger partial charge in [0.2, 0.25) is 5.95 Å². The fraction of sp³-hybridized carbons (Fsp3) is 0.190. The Morgan fingerprint density at radius 1 is 1.17 bits per heavy atom. The summed E-state index contributed by atoms with van der Waals surface area (Å²) >= 11 is 5.77. The number of fused-ring (bicyclic) bond motifs is 1. The van der Waals surface area contributed by atoms with Gasteiger partial charge in [0.1, 0.15) is 11.6 Å². The molecule has 0 aliphatic heterocycles. The van der Waals surface area contributed by atoms with Gasteiger partial charge < -0.3 is 15.4 Å². The molecule has 154 valence electrons. The molecule has 0 fully saturated rings. The van der Waals surface area contributed by atoms with Crippen LogP contribution in [0.2, 0.25) is 5.02 Å². The molecule has 0 radical (unpaired) electrons. The summed E-state index contributed by atoms with van der Waals surface area (Å²) in [6.45, 7) is 0. The monoisotopic (exact) mass is 430 g/mol. The molecule has 1 unspecified atom stereocenters. The molecule has 1 atom stereocenters. The molecular formula is C21H17ClF2N4O2. The summed E-state index contributed by atoms with van der Waals surface area (Å²) in [7, 11) is 1.51. The first-order valence-corrected chi connectivity index (χ1v) is 9.54. The van der Waals surface area contributed by atoms with Crippen LogP contribution in [0.1, 0.15) is 33.9 Å². The van der Waals surface area contributed by atoms with Gasteiger partial charge in [-0.2, -0.15) is 0 Å². The van der Waals surface area contributed by atoms with Crippen molar-refractivity contribution in [1.29, 1.82) is 0 Å². The highest BCUT2D eigenvalue weighted by molar-refractivity contribution is 6.31. The minimum Gasteiger partial charge on any atom is -0.494 e. The number of amides is 1. The highest BCUT2D eigenvalue weighted by Gasteiger charge is 2.30. The van der Waals surface area contributed by atoms with Crippen LogP contribution in [0, 0.1) is 11.6 Å². The van der Waals surface area contributed by atoms with E-state index in [1.165, 1.54) is 49.8 Å². The number of methoxy groups -OCH3 is 1. The number of ether oxygens (including phenoxy) is 1. The van der Waals surface area contributed by atoms with E-state index in [0.29, 0.717) is 46.9 Å². The number of carbonyl (C=O) groups is 1. The number of anilines is 2. The minimum atomic E-state index is -0.577. The van der Waals surface area contributed by atoms with Gasteiger partial charge in [-0.15, -0.1) is 0 Å². The Labute approximate surface area is 176 Å². The van der Waals surface area contributed by atoms with Crippen LogP contribution in [0.4, 0.5) is 20.4 Å². The first kappa shape index (κ1) is 20.0. The number of rotatable bonds is 5. The number of benzene rings is 2. The lowest BCUT2D eigenvalue weighted by molar-refractivity contribution is 0.102. The molecule has 6 nitrogen and oxygen atoms in total. The standard InChI is InChI=1S/C21H17ClF2N4O2/c1-30-12-9-25-21(26-10-12)28-18-7-4-13-14(3-6-17(24)19(13)18)20(29)27-11-2-5-16(23)15(22)8-11/h2-3,5-6,8-10,18H,4,7H2,1H3,(H,27,29)(H,25,26,28). The zero-order valence-electron chi connectivity index (χ0n) is 15.9. The molecule has 4 rings (SSSR count). The van der Waals surface area contributed by atoms with Gasteiger partial charge in [-0.3, -0.25) is 4.79 Å². The molecule has 9 heteroatoms. The first-order valence-electron chi connectivity index (χ1n) is 9.16. The first-order chi connectivity index (χ1) is 14.5. The van der Waals surface area contributed by atoms with E-state index in [1.807, 2.05) is 0 Å². The van der Waals surface area contributed by atoms with Gasteiger partial charge in [0.05, 0.1) is 30.6 Å². The average molecular weight is 431 g/mol. The van der Waals surface area contributed by atoms with Crippen molar-refractivity contribution in [2.75, 3.05) is 17.7 Å². The van der Waals surface area contributed by atoms with Crippen LogP contribution in [0.5, 0.6) is 5.75 Å². The van der Waals surface area contributed by atoms with Crippen LogP contribution in [0.25, 0.3) is 0 Å². The Hall–Kier alpha value is -3.26. The Balaban J connectivity index is 1.58. The van der Waals surface area contributed by atoms with E-state index < -0.39 is 17.5 Å². The van der Waals surface area contributed by atoms with Gasteiger partial charge in [0, 0.05) is 16.8 Å². The smallest absolute Gasteiger partial charge is 0.255 e. The molecule has 0 saturated heterocycles. The van der Waals surface area contributed by atoms with Crippen molar-refractivity contribution < 1.29 is 18.3 Å². The number of nitrogens with zero attached hydrogens (tertiary/aromatic N) is 2. The summed E-state index contributed by atoms with van der Waals surface area (Å²) in [5.41, 5.74) is 1.74. The van der Waals surface area contributed by atoms with Crippen molar-refractivity contribution in [3.8, 4) is 5.75 Å². The fourth-order valence-corrected chi connectivity index (χ4v) is 3.68. The third kappa shape index (κ3) is 3.91. The van der Waals surface area contributed by atoms with E-state index in [9.17, 15) is 13.6 Å². The molecular weight excluding hydrogens is 414 g/mol. The fourth-order valence-electron chi connectivity index (χ4n) is 3.50. The van der Waals surface area contributed by atoms with Crippen LogP contribution in [-0.2, 0) is 6.42 Å². The number of hydrogen-bond acceptors (Lipinski definition) is 5. The third-order valence-electron chi connectivity index (χ3n) is 4.92. The second kappa shape index (κ2) is 8.23. The largest absolute Gasteiger partial charge is 0.494 e. The summed E-state index contributed by atoms with van der Waals surface area (Å²) in [5.74, 6) is -0.556. The van der Waals surface area contributed by atoms with Crippen molar-refractivity contribution in [3.63, 3.8) is 0 Å². The predicted molar refractivity (Wildman–Crippen MR) is 109 cm³/mol. The van der Waals surface area contributed by atoms with Crippen LogP contribution < -0.4 is 15.4 Å². The van der Waals surface area contributed by atoms with Crippen LogP contribution in [0.15, 0.2) is 42.7 Å². The second-order valence-corrected chi connectivity index (χ2v) is 7.16. The molecule has 1 aliphatic carbocycles.